The maximum Gasteiger partial charge on any atom is 0.707 e. The Bertz CT molecular complexity index is 1020. The van der Waals surface area contributed by atoms with Crippen molar-refractivity contribution in [2.75, 3.05) is 6.61 Å². The molecule has 0 saturated carbocycles. The molecule has 13 N–H and O–H groups in total. The molecular formula is C13H26N6O16P3+6. The molecule has 2 rings (SSSR count). The Hall–Kier alpha value is -1.65. The Labute approximate surface area is 213 Å². The molecule has 38 heavy (non-hydrogen) atoms. The van der Waals surface area contributed by atoms with E-state index in [1.807, 2.05) is 0 Å². The topological polar surface area (TPSA) is 347 Å². The van der Waals surface area contributed by atoms with E-state index < -0.39 is 73.5 Å². The van der Waals surface area contributed by atoms with Crippen molar-refractivity contribution in [3.63, 3.8) is 0 Å². The molecule has 1 saturated heterocycles. The van der Waals surface area contributed by atoms with Crippen molar-refractivity contribution < 1.29 is 97.9 Å². The van der Waals surface area contributed by atoms with Crippen molar-refractivity contribution in [3.05, 3.63) is 6.42 Å². The highest BCUT2D eigenvalue weighted by Crippen LogP contribution is 2.75. The lowest BCUT2D eigenvalue weighted by molar-refractivity contribution is -0.659. The summed E-state index contributed by atoms with van der Waals surface area (Å²) < 4.78 is 43.5. The second-order valence-corrected chi connectivity index (χ2v) is 12.2. The van der Waals surface area contributed by atoms with E-state index in [1.165, 1.54) is 12.6 Å². The molecule has 3 unspecified atom stereocenters. The zero-order valence-corrected chi connectivity index (χ0v) is 21.9. The highest BCUT2D eigenvalue weighted by molar-refractivity contribution is 7.72. The number of carbonyl (C=O) groups excluding carboxylic acids is 2. The van der Waals surface area contributed by atoms with Crippen molar-refractivity contribution in [3.8, 4) is 0 Å². The summed E-state index contributed by atoms with van der Waals surface area (Å²) in [6.45, 7) is -0.774. The molecule has 0 spiro atoms. The predicted molar refractivity (Wildman–Crippen MR) is 112 cm³/mol. The van der Waals surface area contributed by atoms with Crippen molar-refractivity contribution >= 4 is 54.1 Å². The summed E-state index contributed by atoms with van der Waals surface area (Å²) in [5, 5.41) is 21.1. The largest absolute Gasteiger partial charge is 0.707 e. The Morgan fingerprint density at radius 3 is 2.58 bits per heavy atom. The molecule has 6 atom stereocenters. The van der Waals surface area contributed by atoms with Crippen LogP contribution in [0.3, 0.4) is 0 Å². The third-order valence-electron chi connectivity index (χ3n) is 4.46. The summed E-state index contributed by atoms with van der Waals surface area (Å²) in [5.41, 5.74) is 0. The summed E-state index contributed by atoms with van der Waals surface area (Å²) in [5.74, 6) is 6.14. The first-order chi connectivity index (χ1) is 17.6. The van der Waals surface area contributed by atoms with Crippen LogP contribution in [0.15, 0.2) is 4.99 Å². The van der Waals surface area contributed by atoms with E-state index in [1.54, 1.807) is 0 Å². The number of aliphatic imine (C=N–C) groups is 1. The quantitative estimate of drug-likeness (QED) is 0.0416. The number of nitrogens with one attached hydrogen (secondary N) is 1. The molecule has 22 nitrogen and oxygen atoms in total. The summed E-state index contributed by atoms with van der Waals surface area (Å²) in [6.07, 6.45) is -2.23. The fraction of sp³-hybridized carbons (Fsp3) is 0.538. The fourth-order valence-corrected chi connectivity index (χ4v) is 6.47. The normalized spacial score (nSPS) is 26.3. The third-order valence-corrected chi connectivity index (χ3v) is 9.11. The average Bonchev–Trinajstić information content (AvgIpc) is 3.21. The van der Waals surface area contributed by atoms with E-state index in [9.17, 15) is 38.7 Å². The molecule has 25 heteroatoms. The number of quaternary nitrogens is 3. The smallest absolute Gasteiger partial charge is 0.597 e. The van der Waals surface area contributed by atoms with Gasteiger partial charge in [-0.2, -0.15) is 16.6 Å². The van der Waals surface area contributed by atoms with Gasteiger partial charge in [-0.1, -0.05) is 8.94 Å². The van der Waals surface area contributed by atoms with Gasteiger partial charge in [-0.3, -0.25) is 19.8 Å². The molecule has 2 heterocycles. The number of aliphatic hydroxyl groups is 1. The summed E-state index contributed by atoms with van der Waals surface area (Å²) in [7, 11) is -15.3. The van der Waals surface area contributed by atoms with Gasteiger partial charge in [-0.25, -0.2) is 10.5 Å². The Morgan fingerprint density at radius 1 is 1.34 bits per heavy atom. The number of urea groups is 1. The molecule has 0 aromatic carbocycles. The number of aliphatic hydroxyl groups excluding tert-OH is 1. The predicted octanol–water partition coefficient (Wildman–Crippen LogP) is -4.92. The minimum Gasteiger partial charge on any atom is -0.597 e. The standard InChI is InChI=1S/C13H23N6O16P3/c14-31-36(25,26)34-38(28,33-16)35-37(27,32-15)29-6-8-7(20)5-11(30-8)19-4-3-9(18-13(19)24)17-10(21)1-2-12(22)23/h3-4,7-8,11,20H,1-2,5-6H2,14-16H3/q+3/p+3/t7-,8+,11+,37?,38?/m0/s1. The summed E-state index contributed by atoms with van der Waals surface area (Å²) in [6, 6.07) is -0.901. The van der Waals surface area contributed by atoms with Crippen LogP contribution in [0.1, 0.15) is 19.3 Å². The van der Waals surface area contributed by atoms with Gasteiger partial charge in [0.15, 0.2) is 0 Å². The van der Waals surface area contributed by atoms with E-state index in [0.717, 1.165) is 4.58 Å². The SMILES string of the molecule is [NH3+]OP(=O)(O)O[P+]([O-])(O[NH3+])O[P+]([O])(O[NH3+])OC[C@H]1O[C@@H]([N+]2=C[CH+]C(NC(=O)CCC(=O)O)=NC2=O)C[C@@H]1O. The first-order valence-electron chi connectivity index (χ1n) is 10.0. The summed E-state index contributed by atoms with van der Waals surface area (Å²) in [4.78, 5) is 72.4. The van der Waals surface area contributed by atoms with Gasteiger partial charge < -0.3 is 19.8 Å². The maximum absolute atomic E-state index is 12.6. The van der Waals surface area contributed by atoms with Crippen LogP contribution in [0.2, 0.25) is 0 Å². The molecule has 1 radical (unpaired) electrons. The van der Waals surface area contributed by atoms with E-state index in [4.69, 9.17) is 14.4 Å². The van der Waals surface area contributed by atoms with Crippen molar-refractivity contribution in [1.29, 1.82) is 0 Å². The van der Waals surface area contributed by atoms with E-state index in [0.29, 0.717) is 0 Å². The van der Waals surface area contributed by atoms with Gasteiger partial charge in [0.05, 0.1) is 26.7 Å². The number of carboxylic acids is 1. The number of nitrogens with zero attached hydrogens (tertiary/aromatic N) is 2. The highest BCUT2D eigenvalue weighted by atomic mass is 31.3. The molecule has 0 aromatic rings. The second kappa shape index (κ2) is 13.6. The second-order valence-electron chi connectivity index (χ2n) is 7.09. The molecule has 2 aliphatic rings. The molecule has 0 aromatic heterocycles. The highest BCUT2D eigenvalue weighted by Gasteiger charge is 2.68. The molecule has 3 amide bonds. The van der Waals surface area contributed by atoms with Gasteiger partial charge in [-0.15, -0.1) is 9.10 Å². The van der Waals surface area contributed by atoms with Gasteiger partial charge in [0, 0.05) is 22.1 Å². The number of rotatable bonds is 14. The lowest BCUT2D eigenvalue weighted by Gasteiger charge is -2.19. The average molecular weight is 615 g/mol. The first kappa shape index (κ1) is 32.6. The van der Waals surface area contributed by atoms with Crippen LogP contribution in [-0.2, 0) is 50.8 Å². The number of carbonyl (C=O) groups is 3. The minimum absolute atomic E-state index is 0.151. The van der Waals surface area contributed by atoms with Gasteiger partial charge in [-0.05, 0) is 0 Å². The molecule has 0 aliphatic carbocycles. The number of amidine groups is 1. The Balaban J connectivity index is 1.96. The van der Waals surface area contributed by atoms with Crippen molar-refractivity contribution in [2.45, 2.75) is 37.7 Å². The monoisotopic (exact) mass is 615 g/mol. The van der Waals surface area contributed by atoms with Gasteiger partial charge in [0.1, 0.15) is 12.7 Å². The number of hydrogen-bond acceptors (Lipinski definition) is 13. The third kappa shape index (κ3) is 9.52. The number of hydrogen-bond donors (Lipinski definition) is 7. The first-order valence-corrected chi connectivity index (χ1v) is 14.4. The van der Waals surface area contributed by atoms with Crippen molar-refractivity contribution in [1.82, 2.24) is 5.32 Å². The number of amides is 3. The minimum atomic E-state index is -5.20. The lowest BCUT2D eigenvalue weighted by atomic mass is 10.2. The van der Waals surface area contributed by atoms with Crippen LogP contribution in [-0.4, -0.2) is 74.7 Å². The van der Waals surface area contributed by atoms with Gasteiger partial charge >= 0.3 is 42.0 Å². The van der Waals surface area contributed by atoms with E-state index in [-0.39, 0.29) is 18.7 Å². The molecule has 1 fully saturated rings. The Kier molecular flexibility index (Phi) is 11.7. The number of phosphoric acid groups is 2. The van der Waals surface area contributed by atoms with Crippen LogP contribution < -0.4 is 27.9 Å². The fourth-order valence-electron chi connectivity index (χ4n) is 2.75. The van der Waals surface area contributed by atoms with Crippen LogP contribution in [0.25, 0.3) is 0 Å². The van der Waals surface area contributed by atoms with Crippen LogP contribution in [0, 0.1) is 6.42 Å². The van der Waals surface area contributed by atoms with E-state index in [2.05, 4.69) is 50.5 Å². The van der Waals surface area contributed by atoms with Crippen molar-refractivity contribution in [2.24, 2.45) is 4.99 Å². The van der Waals surface area contributed by atoms with E-state index >= 15 is 0 Å². The van der Waals surface area contributed by atoms with Crippen LogP contribution >= 0.6 is 24.2 Å². The lowest BCUT2D eigenvalue weighted by Crippen LogP contribution is -2.53. The molecule has 0 bridgehead atoms. The zero-order chi connectivity index (χ0) is 28.7. The van der Waals surface area contributed by atoms with Crippen LogP contribution in [0.4, 0.5) is 4.79 Å². The number of ether oxygens (including phenoxy) is 1. The molecule has 2 aliphatic heterocycles. The van der Waals surface area contributed by atoms with Crippen LogP contribution in [0.5, 0.6) is 0 Å². The molecular weight excluding hydrogens is 589 g/mol. The summed E-state index contributed by atoms with van der Waals surface area (Å²) >= 11 is 0. The van der Waals surface area contributed by atoms with Gasteiger partial charge in [0.2, 0.25) is 18.6 Å². The molecule has 213 valence electrons. The number of carboxylic acid groups (broad SMARTS) is 1. The Morgan fingerprint density at radius 2 is 2.03 bits per heavy atom. The number of aliphatic carboxylic acids is 1. The zero-order valence-electron chi connectivity index (χ0n) is 19.2. The van der Waals surface area contributed by atoms with Gasteiger partial charge in [0.25, 0.3) is 6.21 Å². The maximum atomic E-state index is 12.6.